The van der Waals surface area contributed by atoms with E-state index in [-0.39, 0.29) is 0 Å². The van der Waals surface area contributed by atoms with Crippen molar-refractivity contribution in [2.75, 3.05) is 7.11 Å². The molecule has 2 heterocycles. The predicted molar refractivity (Wildman–Crippen MR) is 86.2 cm³/mol. The number of aromatic amines is 1. The van der Waals surface area contributed by atoms with Crippen LogP contribution in [0.15, 0.2) is 18.2 Å². The van der Waals surface area contributed by atoms with Crippen molar-refractivity contribution in [1.29, 1.82) is 0 Å². The summed E-state index contributed by atoms with van der Waals surface area (Å²) in [5.41, 5.74) is 3.57. The normalized spacial score (nSPS) is 11.2. The molecule has 0 atom stereocenters. The van der Waals surface area contributed by atoms with E-state index in [1.54, 1.807) is 13.2 Å². The van der Waals surface area contributed by atoms with Crippen LogP contribution in [-0.2, 0) is 6.54 Å². The van der Waals surface area contributed by atoms with Crippen molar-refractivity contribution in [2.24, 2.45) is 0 Å². The summed E-state index contributed by atoms with van der Waals surface area (Å²) in [6, 6.07) is 5.46. The van der Waals surface area contributed by atoms with Gasteiger partial charge in [0.05, 0.1) is 18.5 Å². The fraction of sp³-hybridized carbons (Fsp3) is 0.286. The van der Waals surface area contributed by atoms with E-state index in [0.29, 0.717) is 15.5 Å². The lowest BCUT2D eigenvalue weighted by Gasteiger charge is -2.11. The summed E-state index contributed by atoms with van der Waals surface area (Å²) >= 11 is 11.6. The molecule has 3 rings (SSSR count). The molecule has 21 heavy (non-hydrogen) atoms. The molecule has 0 aliphatic carbocycles. The molecule has 0 saturated heterocycles. The maximum absolute atomic E-state index is 6.14. The van der Waals surface area contributed by atoms with Gasteiger partial charge in [0.2, 0.25) is 0 Å². The first-order valence-electron chi connectivity index (χ1n) is 6.58. The van der Waals surface area contributed by atoms with Gasteiger partial charge in [0.25, 0.3) is 0 Å². The molecule has 7 heteroatoms. The topological polar surface area (TPSA) is 47.8 Å². The third-order valence-electron chi connectivity index (χ3n) is 3.43. The van der Waals surface area contributed by atoms with Gasteiger partial charge in [0.1, 0.15) is 11.3 Å². The molecule has 0 spiro atoms. The van der Waals surface area contributed by atoms with Crippen LogP contribution in [0.3, 0.4) is 0 Å². The van der Waals surface area contributed by atoms with Gasteiger partial charge >= 0.3 is 0 Å². The number of rotatable bonds is 3. The van der Waals surface area contributed by atoms with Gasteiger partial charge in [-0.25, -0.2) is 4.68 Å². The van der Waals surface area contributed by atoms with Crippen LogP contribution in [0, 0.1) is 11.7 Å². The van der Waals surface area contributed by atoms with Gasteiger partial charge in [-0.3, -0.25) is 4.57 Å². The Hall–Kier alpha value is -1.79. The standard InChI is InChI=1S/C14H15ClN4OS/c1-4-18-13-12(8(2)17-18)16-14(21)19(13)10-7-9(15)5-6-11(10)20-3/h5-7H,4H2,1-3H3,(H,16,21). The van der Waals surface area contributed by atoms with Gasteiger partial charge < -0.3 is 9.72 Å². The van der Waals surface area contributed by atoms with E-state index in [1.165, 1.54) is 0 Å². The number of hydrogen-bond acceptors (Lipinski definition) is 3. The number of nitrogens with zero attached hydrogens (tertiary/aromatic N) is 3. The van der Waals surface area contributed by atoms with Gasteiger partial charge in [-0.2, -0.15) is 5.10 Å². The summed E-state index contributed by atoms with van der Waals surface area (Å²) < 4.78 is 9.86. The number of ether oxygens (including phenoxy) is 1. The van der Waals surface area contributed by atoms with E-state index < -0.39 is 0 Å². The van der Waals surface area contributed by atoms with Crippen LogP contribution in [0.4, 0.5) is 0 Å². The van der Waals surface area contributed by atoms with Crippen molar-refractivity contribution in [2.45, 2.75) is 20.4 Å². The molecule has 0 aliphatic heterocycles. The van der Waals surface area contributed by atoms with E-state index in [4.69, 9.17) is 28.6 Å². The fourth-order valence-electron chi connectivity index (χ4n) is 2.48. The zero-order valence-corrected chi connectivity index (χ0v) is 13.5. The number of methoxy groups -OCH3 is 1. The van der Waals surface area contributed by atoms with Gasteiger partial charge in [-0.1, -0.05) is 11.6 Å². The van der Waals surface area contributed by atoms with E-state index in [1.807, 2.05) is 35.2 Å². The lowest BCUT2D eigenvalue weighted by Crippen LogP contribution is -2.05. The van der Waals surface area contributed by atoms with Crippen molar-refractivity contribution in [3.8, 4) is 11.4 Å². The SMILES string of the molecule is CCn1nc(C)c2[nH]c(=S)n(-c3cc(Cl)ccc3OC)c21. The van der Waals surface area contributed by atoms with E-state index in [0.717, 1.165) is 29.1 Å². The molecule has 0 amide bonds. The van der Waals surface area contributed by atoms with Gasteiger partial charge in [0, 0.05) is 11.6 Å². The van der Waals surface area contributed by atoms with Crippen LogP contribution in [0.2, 0.25) is 5.02 Å². The first-order valence-corrected chi connectivity index (χ1v) is 7.37. The molecule has 110 valence electrons. The Balaban J connectivity index is 2.42. The predicted octanol–water partition coefficient (Wildman–Crippen LogP) is 3.87. The van der Waals surface area contributed by atoms with Crippen LogP contribution in [0.1, 0.15) is 12.6 Å². The summed E-state index contributed by atoms with van der Waals surface area (Å²) in [4.78, 5) is 3.22. The molecule has 3 aromatic rings. The molecule has 0 unspecified atom stereocenters. The molecule has 5 nitrogen and oxygen atoms in total. The number of fused-ring (bicyclic) bond motifs is 1. The lowest BCUT2D eigenvalue weighted by molar-refractivity contribution is 0.413. The number of nitrogens with one attached hydrogen (secondary N) is 1. The number of halogens is 1. The lowest BCUT2D eigenvalue weighted by atomic mass is 10.3. The molecular weight excluding hydrogens is 308 g/mol. The largest absolute Gasteiger partial charge is 0.495 e. The van der Waals surface area contributed by atoms with Crippen molar-refractivity contribution in [3.63, 3.8) is 0 Å². The summed E-state index contributed by atoms with van der Waals surface area (Å²) in [6.45, 7) is 4.75. The molecule has 0 fully saturated rings. The first-order chi connectivity index (χ1) is 10.1. The zero-order chi connectivity index (χ0) is 15.1. The number of hydrogen-bond donors (Lipinski definition) is 1. The Morgan fingerprint density at radius 3 is 2.86 bits per heavy atom. The van der Waals surface area contributed by atoms with Gasteiger partial charge in [0.15, 0.2) is 10.4 Å². The maximum atomic E-state index is 6.14. The molecule has 0 aliphatic rings. The minimum absolute atomic E-state index is 0.591. The second kappa shape index (κ2) is 5.20. The van der Waals surface area contributed by atoms with Crippen LogP contribution < -0.4 is 4.74 Å². The second-order valence-corrected chi connectivity index (χ2v) is 5.50. The molecule has 2 aromatic heterocycles. The fourth-order valence-corrected chi connectivity index (χ4v) is 2.94. The minimum atomic E-state index is 0.591. The minimum Gasteiger partial charge on any atom is -0.495 e. The number of benzene rings is 1. The van der Waals surface area contributed by atoms with Crippen LogP contribution in [0.5, 0.6) is 5.75 Å². The average Bonchev–Trinajstić information content (AvgIpc) is 2.95. The maximum Gasteiger partial charge on any atom is 0.184 e. The quantitative estimate of drug-likeness (QED) is 0.744. The second-order valence-electron chi connectivity index (χ2n) is 4.68. The smallest absolute Gasteiger partial charge is 0.184 e. The molecule has 0 radical (unpaired) electrons. The third-order valence-corrected chi connectivity index (χ3v) is 3.95. The summed E-state index contributed by atoms with van der Waals surface area (Å²) in [6.07, 6.45) is 0. The Morgan fingerprint density at radius 2 is 2.19 bits per heavy atom. The molecule has 0 saturated carbocycles. The van der Waals surface area contributed by atoms with E-state index >= 15 is 0 Å². The van der Waals surface area contributed by atoms with Crippen LogP contribution in [0.25, 0.3) is 16.9 Å². The first kappa shape index (κ1) is 14.2. The highest BCUT2D eigenvalue weighted by molar-refractivity contribution is 7.71. The van der Waals surface area contributed by atoms with Crippen molar-refractivity contribution in [1.82, 2.24) is 19.3 Å². The van der Waals surface area contributed by atoms with Crippen molar-refractivity contribution >= 4 is 35.0 Å². The van der Waals surface area contributed by atoms with E-state index in [9.17, 15) is 0 Å². The van der Waals surface area contributed by atoms with Crippen LogP contribution in [-0.4, -0.2) is 26.4 Å². The van der Waals surface area contributed by atoms with Gasteiger partial charge in [-0.05, 0) is 44.3 Å². The summed E-state index contributed by atoms with van der Waals surface area (Å²) in [7, 11) is 1.63. The number of aromatic nitrogens is 4. The Kier molecular flexibility index (Phi) is 3.51. The highest BCUT2D eigenvalue weighted by Gasteiger charge is 2.17. The Labute approximate surface area is 132 Å². The number of H-pyrrole nitrogens is 1. The molecule has 1 N–H and O–H groups in total. The molecule has 0 bridgehead atoms. The molecule has 1 aromatic carbocycles. The monoisotopic (exact) mass is 322 g/mol. The number of aryl methyl sites for hydroxylation is 2. The Bertz CT molecular complexity index is 877. The number of imidazole rings is 1. The zero-order valence-electron chi connectivity index (χ0n) is 12.0. The summed E-state index contributed by atoms with van der Waals surface area (Å²) in [5, 5.41) is 5.14. The highest BCUT2D eigenvalue weighted by atomic mass is 35.5. The van der Waals surface area contributed by atoms with Crippen molar-refractivity contribution in [3.05, 3.63) is 33.7 Å². The Morgan fingerprint density at radius 1 is 1.43 bits per heavy atom. The average molecular weight is 323 g/mol. The molecular formula is C14H15ClN4OS. The summed E-state index contributed by atoms with van der Waals surface area (Å²) in [5.74, 6) is 0.706. The van der Waals surface area contributed by atoms with Gasteiger partial charge in [-0.15, -0.1) is 0 Å². The highest BCUT2D eigenvalue weighted by Crippen LogP contribution is 2.30. The van der Waals surface area contributed by atoms with Crippen LogP contribution >= 0.6 is 23.8 Å². The third kappa shape index (κ3) is 2.15. The van der Waals surface area contributed by atoms with E-state index in [2.05, 4.69) is 10.1 Å². The van der Waals surface area contributed by atoms with Crippen molar-refractivity contribution < 1.29 is 4.74 Å².